The van der Waals surface area contributed by atoms with Gasteiger partial charge in [0.2, 0.25) is 11.8 Å². The van der Waals surface area contributed by atoms with E-state index in [1.807, 2.05) is 54.6 Å². The predicted octanol–water partition coefficient (Wildman–Crippen LogP) is 5.38. The van der Waals surface area contributed by atoms with Gasteiger partial charge < -0.3 is 87.6 Å². The summed E-state index contributed by atoms with van der Waals surface area (Å²) in [5.41, 5.74) is 4.51. The lowest BCUT2D eigenvalue weighted by Crippen LogP contribution is -2.67. The number of fused-ring (bicyclic) bond motifs is 3. The number of amides is 4. The number of hydrogen-bond acceptors (Lipinski definition) is 26. The van der Waals surface area contributed by atoms with E-state index in [9.17, 15) is 57.5 Å². The minimum absolute atomic E-state index is 0.0450. The molecule has 2 aliphatic heterocycles. The Kier molecular flexibility index (Phi) is 29.4. The maximum Gasteiger partial charge on any atom is 0.408 e. The van der Waals surface area contributed by atoms with Crippen molar-refractivity contribution in [3.8, 4) is 11.1 Å². The zero-order valence-corrected chi connectivity index (χ0v) is 57.7. The Hall–Kier alpha value is -10.0. The molecular weight excluding hydrogens is 1310 g/mol. The van der Waals surface area contributed by atoms with Gasteiger partial charge in [-0.15, -0.1) is 0 Å². The Bertz CT molecular complexity index is 3470. The van der Waals surface area contributed by atoms with Crippen LogP contribution in [-0.2, 0) is 127 Å². The fraction of sp³-hybridized carbons (Fsp3) is 0.486. The first-order valence-corrected chi connectivity index (χ1v) is 31.9. The molecule has 4 unspecified atom stereocenters. The van der Waals surface area contributed by atoms with Crippen molar-refractivity contribution in [3.63, 3.8) is 0 Å². The van der Waals surface area contributed by atoms with Gasteiger partial charge in [-0.1, -0.05) is 109 Å². The second-order valence-electron chi connectivity index (χ2n) is 24.4. The van der Waals surface area contributed by atoms with Crippen LogP contribution < -0.4 is 21.3 Å². The van der Waals surface area contributed by atoms with E-state index in [1.54, 1.807) is 75.4 Å². The summed E-state index contributed by atoms with van der Waals surface area (Å²) < 4.78 is 78.7. The van der Waals surface area contributed by atoms with Crippen LogP contribution in [0.2, 0.25) is 0 Å². The van der Waals surface area contributed by atoms with E-state index < -0.39 is 176 Å². The molecule has 0 saturated carbocycles. The van der Waals surface area contributed by atoms with Gasteiger partial charge >= 0.3 is 59.9 Å². The van der Waals surface area contributed by atoms with Crippen molar-refractivity contribution in [2.45, 2.75) is 200 Å². The number of alkyl carbamates (subject to hydrolysis) is 2. The molecule has 0 radical (unpaired) electrons. The van der Waals surface area contributed by atoms with E-state index in [0.29, 0.717) is 11.1 Å². The highest BCUT2D eigenvalue weighted by molar-refractivity contribution is 5.84. The number of ether oxygens (including phenoxy) is 14. The normalized spacial score (nSPS) is 21.7. The molecule has 7 rings (SSSR count). The Morgan fingerprint density at radius 3 is 1.12 bits per heavy atom. The molecule has 2 saturated heterocycles. The number of esters is 8. The monoisotopic (exact) mass is 1400 g/mol. The Labute approximate surface area is 577 Å². The van der Waals surface area contributed by atoms with Gasteiger partial charge in [0.15, 0.2) is 49.1 Å². The van der Waals surface area contributed by atoms with Crippen LogP contribution in [-0.4, -0.2) is 183 Å². The van der Waals surface area contributed by atoms with Gasteiger partial charge in [-0.3, -0.25) is 38.4 Å². The van der Waals surface area contributed by atoms with Crippen molar-refractivity contribution in [3.05, 3.63) is 131 Å². The summed E-state index contributed by atoms with van der Waals surface area (Å²) >= 11 is 0. The van der Waals surface area contributed by atoms with Crippen molar-refractivity contribution in [2.75, 3.05) is 19.8 Å². The van der Waals surface area contributed by atoms with Gasteiger partial charge in [-0.25, -0.2) is 19.2 Å². The summed E-state index contributed by atoms with van der Waals surface area (Å²) in [6.45, 7) is 15.7. The first kappa shape index (κ1) is 79.0. The molecule has 1 aliphatic carbocycles. The smallest absolute Gasteiger partial charge is 0.408 e. The highest BCUT2D eigenvalue weighted by Crippen LogP contribution is 2.44. The largest absolute Gasteiger partial charge is 0.463 e. The third kappa shape index (κ3) is 24.2. The van der Waals surface area contributed by atoms with Gasteiger partial charge in [0.1, 0.15) is 62.9 Å². The van der Waals surface area contributed by atoms with E-state index in [4.69, 9.17) is 66.3 Å². The molecule has 0 spiro atoms. The molecule has 14 atom stereocenters. The van der Waals surface area contributed by atoms with Crippen molar-refractivity contribution < 1.29 is 124 Å². The van der Waals surface area contributed by atoms with Crippen molar-refractivity contribution >= 4 is 71.8 Å². The summed E-state index contributed by atoms with van der Waals surface area (Å²) in [7, 11) is 0. The van der Waals surface area contributed by atoms with Gasteiger partial charge in [0, 0.05) is 61.3 Å². The van der Waals surface area contributed by atoms with Crippen LogP contribution >= 0.6 is 0 Å². The maximum atomic E-state index is 13.7. The SMILES string of the molecule is CC(=O)NC1[C@H](O[C@H](C)[C@@H](NC(=O)OCC2c3ccccc3-c3ccccc32)C(=O)OCc2ccccc2)OC(COC(C)=O)[C@@H](OC(C)=O)[C@@H]1OC(C)=O.CC(=O)NC1[C@H](O[C@H](C)[C@H](NC(=O)OC(C)(C)C)C(=O)OCc2ccccc2)OC(COC(C)=O)[C@@H](OC(C)=O)[C@@H]1OC(C)=O. The minimum atomic E-state index is -1.52. The summed E-state index contributed by atoms with van der Waals surface area (Å²) in [5.74, 6) is -7.71. The molecule has 4 aromatic rings. The summed E-state index contributed by atoms with van der Waals surface area (Å²) in [5, 5.41) is 10.2. The molecule has 3 aliphatic rings. The number of nitrogens with one attached hydrogen (secondary N) is 4. The Morgan fingerprint density at radius 2 is 0.770 bits per heavy atom. The van der Waals surface area contributed by atoms with E-state index in [1.165, 1.54) is 27.7 Å². The number of hydrogen-bond donors (Lipinski definition) is 4. The molecule has 30 nitrogen and oxygen atoms in total. The second-order valence-corrected chi connectivity index (χ2v) is 24.4. The van der Waals surface area contributed by atoms with Crippen molar-refractivity contribution in [1.82, 2.24) is 21.3 Å². The molecule has 100 heavy (non-hydrogen) atoms. The standard InChI is InChI=1S/C40H44N2O13.C30H42N2O13/c1-22(52-39-35(41-23(2)43)37(54-26(5)46)36(53-25(4)45)33(55-39)21-49-24(3)44)34(38(47)50-19-27-13-7-6-8-14-27)42-40(48)51-20-32-30-17-11-9-15-28(30)29-16-10-12-18-31(29)32;1-16(23(32-29(38)45-30(6,7)8)27(37)40-14-21-12-10-9-11-13-21)41-28-24(31-17(2)33)26(43-20(5)36)25(42-19(4)35)22(44-28)15-39-18(3)34/h6-18,22,32-37,39H,19-21H2,1-5H3,(H,41,43)(H,42,48);9-13,16,22-26,28H,14-15H2,1-8H3,(H,31,33)(H,32,38)/t22-,33?,34-,35?,36-,37-,39-;16-,22?,23+,24?,25-,26-,28-/m11/s1. The average Bonchev–Trinajstić information content (AvgIpc) is 1.67. The van der Waals surface area contributed by atoms with Crippen LogP contribution in [0.15, 0.2) is 109 Å². The van der Waals surface area contributed by atoms with Gasteiger partial charge in [0.25, 0.3) is 0 Å². The van der Waals surface area contributed by atoms with E-state index in [2.05, 4.69) is 21.3 Å². The predicted molar refractivity (Wildman–Crippen MR) is 347 cm³/mol. The summed E-state index contributed by atoms with van der Waals surface area (Å²) in [6, 6.07) is 27.8. The van der Waals surface area contributed by atoms with Crippen LogP contribution in [0.5, 0.6) is 0 Å². The number of rotatable bonds is 26. The van der Waals surface area contributed by atoms with Gasteiger partial charge in [0.05, 0.1) is 12.2 Å². The molecular formula is C70H86N4O26. The molecule has 4 aromatic carbocycles. The average molecular weight is 1400 g/mol. The first-order valence-electron chi connectivity index (χ1n) is 31.9. The molecule has 542 valence electrons. The van der Waals surface area contributed by atoms with Crippen LogP contribution in [0.1, 0.15) is 118 Å². The van der Waals surface area contributed by atoms with Crippen molar-refractivity contribution in [2.24, 2.45) is 0 Å². The third-order valence-corrected chi connectivity index (χ3v) is 15.0. The fourth-order valence-corrected chi connectivity index (χ4v) is 11.0. The first-order chi connectivity index (χ1) is 47.3. The van der Waals surface area contributed by atoms with E-state index in [0.717, 1.165) is 63.8 Å². The molecule has 2 fully saturated rings. The third-order valence-electron chi connectivity index (χ3n) is 15.0. The molecule has 0 bridgehead atoms. The Morgan fingerprint density at radius 1 is 0.420 bits per heavy atom. The zero-order chi connectivity index (χ0) is 73.5. The summed E-state index contributed by atoms with van der Waals surface area (Å²) in [4.78, 5) is 150. The topological polar surface area (TPSA) is 382 Å². The van der Waals surface area contributed by atoms with Crippen LogP contribution in [0.25, 0.3) is 11.1 Å². The highest BCUT2D eigenvalue weighted by atomic mass is 16.7. The quantitative estimate of drug-likeness (QED) is 0.0452. The van der Waals surface area contributed by atoms with Crippen molar-refractivity contribution in [1.29, 1.82) is 0 Å². The summed E-state index contributed by atoms with van der Waals surface area (Å²) in [6.07, 6.45) is -15.4. The maximum absolute atomic E-state index is 13.7. The van der Waals surface area contributed by atoms with E-state index >= 15 is 0 Å². The minimum Gasteiger partial charge on any atom is -0.463 e. The number of carbonyl (C=O) groups is 12. The lowest BCUT2D eigenvalue weighted by molar-refractivity contribution is -0.288. The lowest BCUT2D eigenvalue weighted by Gasteiger charge is -2.45. The molecule has 4 amide bonds. The van der Waals surface area contributed by atoms with E-state index in [-0.39, 0.29) is 25.7 Å². The fourth-order valence-electron chi connectivity index (χ4n) is 11.0. The van der Waals surface area contributed by atoms with Crippen LogP contribution in [0, 0.1) is 0 Å². The van der Waals surface area contributed by atoms with Crippen LogP contribution in [0.3, 0.4) is 0 Å². The van der Waals surface area contributed by atoms with Gasteiger partial charge in [-0.2, -0.15) is 0 Å². The molecule has 2 heterocycles. The zero-order valence-electron chi connectivity index (χ0n) is 57.7. The molecule has 30 heteroatoms. The number of carbonyl (C=O) groups excluding carboxylic acids is 12. The van der Waals surface area contributed by atoms with Gasteiger partial charge in [-0.05, 0) is 68.0 Å². The van der Waals surface area contributed by atoms with Crippen LogP contribution in [0.4, 0.5) is 9.59 Å². The number of benzene rings is 4. The molecule has 4 N–H and O–H groups in total. The highest BCUT2D eigenvalue weighted by Gasteiger charge is 2.54. The molecule has 0 aromatic heterocycles. The lowest BCUT2D eigenvalue weighted by atomic mass is 9.95. The second kappa shape index (κ2) is 37.2. The Balaban J connectivity index is 0.000000322.